The van der Waals surface area contributed by atoms with Crippen molar-refractivity contribution < 1.29 is 13.0 Å². The summed E-state index contributed by atoms with van der Waals surface area (Å²) in [5, 5.41) is 11.9. The molecule has 2 rings (SSSR count). The van der Waals surface area contributed by atoms with E-state index < -0.39 is 10.1 Å². The molecule has 0 saturated carbocycles. The van der Waals surface area contributed by atoms with Gasteiger partial charge in [-0.05, 0) is 17.7 Å². The Morgan fingerprint density at radius 1 is 1.32 bits per heavy atom. The molecule has 0 atom stereocenters. The van der Waals surface area contributed by atoms with Crippen LogP contribution in [-0.2, 0) is 16.7 Å². The van der Waals surface area contributed by atoms with Crippen LogP contribution in [0.2, 0.25) is 0 Å². The number of anilines is 3. The number of nitrogen functional groups attached to an aromatic ring is 2. The summed E-state index contributed by atoms with van der Waals surface area (Å²) >= 11 is 0. The van der Waals surface area contributed by atoms with Crippen LogP contribution < -0.4 is 16.8 Å². The summed E-state index contributed by atoms with van der Waals surface area (Å²) in [5.74, 6) is 0.364. The van der Waals surface area contributed by atoms with E-state index in [4.69, 9.17) is 21.3 Å². The van der Waals surface area contributed by atoms with Crippen molar-refractivity contribution in [3.8, 4) is 6.07 Å². The number of nitrogens with one attached hydrogen (secondary N) is 1. The average Bonchev–Trinajstić information content (AvgIpc) is 2.44. The topological polar surface area (TPSA) is 155 Å². The normalized spacial score (nSPS) is 10.9. The Morgan fingerprint density at radius 3 is 2.68 bits per heavy atom. The minimum absolute atomic E-state index is 0.153. The lowest BCUT2D eigenvalue weighted by molar-refractivity contribution is 0.483. The number of hydrogen-bond acceptors (Lipinski definition) is 7. The molecule has 0 spiro atoms. The zero-order chi connectivity index (χ0) is 16.3. The lowest BCUT2D eigenvalue weighted by Gasteiger charge is -2.10. The maximum absolute atomic E-state index is 11.1. The molecule has 0 bridgehead atoms. The molecular formula is C13H13N5O3S. The van der Waals surface area contributed by atoms with Crippen molar-refractivity contribution >= 4 is 27.4 Å². The number of nitriles is 1. The van der Waals surface area contributed by atoms with E-state index >= 15 is 0 Å². The summed E-state index contributed by atoms with van der Waals surface area (Å²) in [6, 6.07) is 9.03. The van der Waals surface area contributed by atoms with Crippen LogP contribution in [0, 0.1) is 11.3 Å². The quantitative estimate of drug-likeness (QED) is 0.607. The molecule has 0 fully saturated rings. The van der Waals surface area contributed by atoms with Crippen molar-refractivity contribution in [3.63, 3.8) is 0 Å². The fourth-order valence-corrected chi connectivity index (χ4v) is 2.38. The van der Waals surface area contributed by atoms with Crippen molar-refractivity contribution in [2.45, 2.75) is 11.4 Å². The van der Waals surface area contributed by atoms with Gasteiger partial charge in [0.25, 0.3) is 10.1 Å². The highest BCUT2D eigenvalue weighted by Gasteiger charge is 2.11. The smallest absolute Gasteiger partial charge is 0.294 e. The standard InChI is InChI=1S/C13H13N5O3S/c14-6-10-11(15)5-12(16)18-13(10)17-7-8-2-1-3-9(4-8)22(19,20)21/h1-5H,7H2,(H,19,20,21)(H5,15,16,17,18). The van der Waals surface area contributed by atoms with Gasteiger partial charge in [0.1, 0.15) is 23.3 Å². The van der Waals surface area contributed by atoms with Crippen LogP contribution >= 0.6 is 0 Å². The van der Waals surface area contributed by atoms with Crippen LogP contribution in [0.5, 0.6) is 0 Å². The predicted octanol–water partition coefficient (Wildman–Crippen LogP) is 0.976. The van der Waals surface area contributed by atoms with Gasteiger partial charge >= 0.3 is 0 Å². The molecule has 9 heteroatoms. The highest BCUT2D eigenvalue weighted by atomic mass is 32.2. The van der Waals surface area contributed by atoms with E-state index in [1.807, 2.05) is 6.07 Å². The number of rotatable bonds is 4. The number of nitrogens with zero attached hydrogens (tertiary/aromatic N) is 2. The van der Waals surface area contributed by atoms with Gasteiger partial charge in [-0.25, -0.2) is 4.98 Å². The Bertz CT molecular complexity index is 858. The number of nitrogens with two attached hydrogens (primary N) is 2. The lowest BCUT2D eigenvalue weighted by Crippen LogP contribution is -2.08. The first kappa shape index (κ1) is 15.6. The van der Waals surface area contributed by atoms with Crippen LogP contribution in [0.4, 0.5) is 17.3 Å². The molecule has 0 amide bonds. The summed E-state index contributed by atoms with van der Waals surface area (Å²) in [5.41, 5.74) is 12.2. The zero-order valence-corrected chi connectivity index (χ0v) is 12.1. The van der Waals surface area contributed by atoms with Gasteiger partial charge in [0.2, 0.25) is 0 Å². The maximum atomic E-state index is 11.1. The van der Waals surface area contributed by atoms with E-state index in [0.717, 1.165) is 0 Å². The third-order valence-corrected chi connectivity index (χ3v) is 3.69. The fraction of sp³-hybridized carbons (Fsp3) is 0.0769. The molecule has 114 valence electrons. The monoisotopic (exact) mass is 319 g/mol. The minimum Gasteiger partial charge on any atom is -0.397 e. The maximum Gasteiger partial charge on any atom is 0.294 e. The van der Waals surface area contributed by atoms with Gasteiger partial charge in [0.15, 0.2) is 0 Å². The van der Waals surface area contributed by atoms with Gasteiger partial charge < -0.3 is 16.8 Å². The number of aromatic nitrogens is 1. The first-order valence-electron chi connectivity index (χ1n) is 6.07. The molecule has 0 unspecified atom stereocenters. The molecule has 0 aliphatic heterocycles. The van der Waals surface area contributed by atoms with Crippen LogP contribution in [0.1, 0.15) is 11.1 Å². The van der Waals surface area contributed by atoms with Gasteiger partial charge in [-0.1, -0.05) is 12.1 Å². The van der Waals surface area contributed by atoms with Crippen molar-refractivity contribution in [1.29, 1.82) is 5.26 Å². The van der Waals surface area contributed by atoms with Crippen molar-refractivity contribution in [3.05, 3.63) is 41.5 Å². The van der Waals surface area contributed by atoms with Crippen LogP contribution in [0.25, 0.3) is 0 Å². The van der Waals surface area contributed by atoms with Gasteiger partial charge in [0, 0.05) is 12.6 Å². The lowest BCUT2D eigenvalue weighted by atomic mass is 10.2. The Kier molecular flexibility index (Phi) is 4.16. The molecule has 2 aromatic rings. The first-order valence-corrected chi connectivity index (χ1v) is 7.51. The van der Waals surface area contributed by atoms with Gasteiger partial charge in [0.05, 0.1) is 10.6 Å². The van der Waals surface area contributed by atoms with Crippen molar-refractivity contribution in [1.82, 2.24) is 4.98 Å². The molecule has 0 radical (unpaired) electrons. The molecule has 0 aliphatic carbocycles. The largest absolute Gasteiger partial charge is 0.397 e. The Morgan fingerprint density at radius 2 is 2.05 bits per heavy atom. The van der Waals surface area contributed by atoms with E-state index in [1.165, 1.54) is 24.3 Å². The summed E-state index contributed by atoms with van der Waals surface area (Å²) in [6.45, 7) is 0.175. The minimum atomic E-state index is -4.27. The second-order valence-corrected chi connectivity index (χ2v) is 5.87. The summed E-state index contributed by atoms with van der Waals surface area (Å²) < 4.78 is 31.2. The molecule has 0 aliphatic rings. The summed E-state index contributed by atoms with van der Waals surface area (Å²) in [4.78, 5) is 3.77. The zero-order valence-electron chi connectivity index (χ0n) is 11.3. The van der Waals surface area contributed by atoms with Gasteiger partial charge in [-0.15, -0.1) is 0 Å². The Labute approximate surface area is 127 Å². The Hall–Kier alpha value is -2.83. The molecule has 1 aromatic carbocycles. The van der Waals surface area contributed by atoms with Crippen LogP contribution in [0.15, 0.2) is 35.2 Å². The molecule has 0 saturated heterocycles. The number of hydrogen-bond donors (Lipinski definition) is 4. The predicted molar refractivity (Wildman–Crippen MR) is 81.4 cm³/mol. The van der Waals surface area contributed by atoms with E-state index in [0.29, 0.717) is 5.56 Å². The van der Waals surface area contributed by atoms with Crippen molar-refractivity contribution in [2.24, 2.45) is 0 Å². The highest BCUT2D eigenvalue weighted by Crippen LogP contribution is 2.22. The summed E-state index contributed by atoms with van der Waals surface area (Å²) in [7, 11) is -4.27. The van der Waals surface area contributed by atoms with E-state index in [2.05, 4.69) is 10.3 Å². The third-order valence-electron chi connectivity index (χ3n) is 2.84. The number of benzene rings is 1. The van der Waals surface area contributed by atoms with Crippen molar-refractivity contribution in [2.75, 3.05) is 16.8 Å². The molecular weight excluding hydrogens is 306 g/mol. The SMILES string of the molecule is N#Cc1c(N)cc(N)nc1NCc1cccc(S(=O)(=O)O)c1. The van der Waals surface area contributed by atoms with Crippen LogP contribution in [-0.4, -0.2) is 18.0 Å². The fourth-order valence-electron chi connectivity index (χ4n) is 1.83. The van der Waals surface area contributed by atoms with Gasteiger partial charge in [-0.3, -0.25) is 4.55 Å². The van der Waals surface area contributed by atoms with E-state index in [-0.39, 0.29) is 34.3 Å². The highest BCUT2D eigenvalue weighted by molar-refractivity contribution is 7.85. The molecule has 6 N–H and O–H groups in total. The Balaban J connectivity index is 2.27. The first-order chi connectivity index (χ1) is 10.3. The van der Waals surface area contributed by atoms with Gasteiger partial charge in [-0.2, -0.15) is 13.7 Å². The number of pyridine rings is 1. The molecule has 8 nitrogen and oxygen atoms in total. The van der Waals surface area contributed by atoms with E-state index in [1.54, 1.807) is 6.07 Å². The van der Waals surface area contributed by atoms with E-state index in [9.17, 15) is 8.42 Å². The second kappa shape index (κ2) is 5.88. The third kappa shape index (κ3) is 3.43. The summed E-state index contributed by atoms with van der Waals surface area (Å²) in [6.07, 6.45) is 0. The molecule has 1 aromatic heterocycles. The average molecular weight is 319 g/mol. The molecule has 1 heterocycles. The van der Waals surface area contributed by atoms with Crippen LogP contribution in [0.3, 0.4) is 0 Å². The molecule has 22 heavy (non-hydrogen) atoms. The second-order valence-electron chi connectivity index (χ2n) is 4.45.